The van der Waals surface area contributed by atoms with Gasteiger partial charge in [-0.05, 0) is 19.1 Å². The van der Waals surface area contributed by atoms with Crippen LogP contribution in [-0.2, 0) is 11.2 Å². The van der Waals surface area contributed by atoms with Crippen LogP contribution >= 0.6 is 22.7 Å². The summed E-state index contributed by atoms with van der Waals surface area (Å²) in [5.74, 6) is -0.0984. The SMILES string of the molecule is Cc1csc(CC(=O)[15NH]c2ccc(C=NO)s2)[15n]1. The molecule has 18 heavy (non-hydrogen) atoms. The maximum Gasteiger partial charge on any atom is 0.231 e. The Morgan fingerprint density at radius 2 is 2.44 bits per heavy atom. The van der Waals surface area contributed by atoms with E-state index in [9.17, 15) is 4.79 Å². The lowest BCUT2D eigenvalue weighted by atomic mass is 10.4. The number of nitrogens with one attached hydrogen (secondary N) is 1. The molecular weight excluding hydrogens is 272 g/mol. The molecule has 0 aromatic carbocycles. The highest BCUT2D eigenvalue weighted by molar-refractivity contribution is 7.17. The summed E-state index contributed by atoms with van der Waals surface area (Å²) in [4.78, 5) is 16.7. The molecule has 94 valence electrons. The van der Waals surface area contributed by atoms with E-state index in [0.717, 1.165) is 20.6 Å². The van der Waals surface area contributed by atoms with Crippen molar-refractivity contribution >= 4 is 39.8 Å². The molecule has 2 aromatic rings. The molecular formula is C11H11N3O2S2. The Hall–Kier alpha value is -1.73. The first-order valence-corrected chi connectivity index (χ1v) is 6.85. The Balaban J connectivity index is 1.94. The first-order valence-electron chi connectivity index (χ1n) is 5.15. The van der Waals surface area contributed by atoms with E-state index < -0.39 is 0 Å². The van der Waals surface area contributed by atoms with Crippen LogP contribution in [-0.4, -0.2) is 22.3 Å². The minimum absolute atomic E-state index is 0.0984. The number of aromatic nitrogens is 1. The minimum Gasteiger partial charge on any atom is -0.411 e. The summed E-state index contributed by atoms with van der Waals surface area (Å²) in [5, 5.41) is 17.6. The van der Waals surface area contributed by atoms with Crippen LogP contribution in [0.4, 0.5) is 5.00 Å². The van der Waals surface area contributed by atoms with E-state index in [2.05, 4.69) is 15.5 Å². The zero-order valence-corrected chi connectivity index (χ0v) is 11.2. The van der Waals surface area contributed by atoms with Crippen molar-refractivity contribution in [1.82, 2.24) is 4.98 Å². The Bertz CT molecular complexity index is 574. The van der Waals surface area contributed by atoms with Gasteiger partial charge in [0.15, 0.2) is 0 Å². The van der Waals surface area contributed by atoms with Crippen molar-refractivity contribution in [2.75, 3.05) is 5.32 Å². The maximum atomic E-state index is 11.7. The summed E-state index contributed by atoms with van der Waals surface area (Å²) in [6.07, 6.45) is 1.60. The second kappa shape index (κ2) is 5.74. The van der Waals surface area contributed by atoms with Crippen LogP contribution in [0.1, 0.15) is 15.6 Å². The first kappa shape index (κ1) is 12.7. The number of carbonyl (C=O) groups excluding carboxylic acids is 1. The Kier molecular flexibility index (Phi) is 4.06. The fraction of sp³-hybridized carbons (Fsp3) is 0.182. The van der Waals surface area contributed by atoms with Gasteiger partial charge < -0.3 is 10.5 Å². The molecule has 0 saturated carbocycles. The molecule has 0 radical (unpaired) electrons. The quantitative estimate of drug-likeness (QED) is 0.392. The van der Waals surface area contributed by atoms with Gasteiger partial charge in [-0.1, -0.05) is 5.16 Å². The predicted octanol–water partition coefficient (Wildman–Crippen LogP) is 2.50. The van der Waals surface area contributed by atoms with Gasteiger partial charge in [0.25, 0.3) is 0 Å². The fourth-order valence-electron chi connectivity index (χ4n) is 1.35. The second-order valence-corrected chi connectivity index (χ2v) is 5.61. The van der Waals surface area contributed by atoms with Gasteiger partial charge in [-0.25, -0.2) is 4.98 Å². The van der Waals surface area contributed by atoms with Crippen molar-refractivity contribution in [3.63, 3.8) is 0 Å². The van der Waals surface area contributed by atoms with Crippen LogP contribution in [0.3, 0.4) is 0 Å². The van der Waals surface area contributed by atoms with E-state index in [-0.39, 0.29) is 12.3 Å². The number of hydrogen-bond acceptors (Lipinski definition) is 6. The molecule has 2 heterocycles. The highest BCUT2D eigenvalue weighted by atomic mass is 32.1. The number of amides is 1. The molecule has 2 aromatic heterocycles. The van der Waals surface area contributed by atoms with Gasteiger partial charge in [-0.2, -0.15) is 0 Å². The molecule has 1 amide bonds. The van der Waals surface area contributed by atoms with Gasteiger partial charge in [-0.15, -0.1) is 22.7 Å². The van der Waals surface area contributed by atoms with Crippen molar-refractivity contribution in [3.8, 4) is 0 Å². The van der Waals surface area contributed by atoms with E-state index in [4.69, 9.17) is 5.21 Å². The van der Waals surface area contributed by atoms with Crippen LogP contribution in [0.25, 0.3) is 0 Å². The van der Waals surface area contributed by atoms with Crippen LogP contribution in [0, 0.1) is 6.92 Å². The van der Waals surface area contributed by atoms with Crippen molar-refractivity contribution in [2.24, 2.45) is 5.16 Å². The van der Waals surface area contributed by atoms with Crippen molar-refractivity contribution in [1.29, 1.82) is 0 Å². The summed E-state index contributed by atoms with van der Waals surface area (Å²) >= 11 is 2.82. The zero-order valence-electron chi connectivity index (χ0n) is 9.58. The molecule has 5 nitrogen and oxygen atoms in total. The number of nitrogens with zero attached hydrogens (tertiary/aromatic N) is 2. The molecule has 0 aliphatic rings. The van der Waals surface area contributed by atoms with Crippen molar-refractivity contribution in [3.05, 3.63) is 33.1 Å². The lowest BCUT2D eigenvalue weighted by molar-refractivity contribution is -0.115. The Labute approximate surface area is 112 Å². The molecule has 0 aliphatic heterocycles. The monoisotopic (exact) mass is 283 g/mol. The van der Waals surface area contributed by atoms with Crippen molar-refractivity contribution in [2.45, 2.75) is 13.3 Å². The highest BCUT2D eigenvalue weighted by Gasteiger charge is 2.08. The molecule has 0 atom stereocenters. The Morgan fingerprint density at radius 1 is 1.61 bits per heavy atom. The lowest BCUT2D eigenvalue weighted by Gasteiger charge is -1.99. The number of thiazole rings is 1. The lowest BCUT2D eigenvalue weighted by Crippen LogP contribution is -2.13. The van der Waals surface area contributed by atoms with Crippen LogP contribution < -0.4 is 5.32 Å². The zero-order chi connectivity index (χ0) is 13.0. The third-order valence-electron chi connectivity index (χ3n) is 2.05. The highest BCUT2D eigenvalue weighted by Crippen LogP contribution is 2.20. The van der Waals surface area contributed by atoms with E-state index in [1.54, 1.807) is 12.1 Å². The topological polar surface area (TPSA) is 74.6 Å². The number of oxime groups is 1. The molecule has 2 N–H and O–H groups in total. The number of thiophene rings is 1. The maximum absolute atomic E-state index is 11.7. The van der Waals surface area contributed by atoms with Crippen LogP contribution in [0.15, 0.2) is 22.7 Å². The number of hydrogen-bond donors (Lipinski definition) is 2. The average Bonchev–Trinajstić information content (AvgIpc) is 2.89. The first-order chi connectivity index (χ1) is 8.67. The van der Waals surface area contributed by atoms with Gasteiger partial charge in [0, 0.05) is 11.1 Å². The molecule has 0 bridgehead atoms. The molecule has 0 saturated heterocycles. The van der Waals surface area contributed by atoms with Gasteiger partial charge in [0.05, 0.1) is 22.5 Å². The van der Waals surface area contributed by atoms with Gasteiger partial charge in [-0.3, -0.25) is 4.79 Å². The normalized spacial score (nSPS) is 10.9. The van der Waals surface area contributed by atoms with Crippen LogP contribution in [0.2, 0.25) is 0 Å². The minimum atomic E-state index is -0.0984. The third kappa shape index (κ3) is 3.38. The molecule has 7 heteroatoms. The van der Waals surface area contributed by atoms with Gasteiger partial charge in [0.2, 0.25) is 5.91 Å². The molecule has 0 unspecified atom stereocenters. The number of anilines is 1. The predicted molar refractivity (Wildman–Crippen MR) is 72.9 cm³/mol. The summed E-state index contributed by atoms with van der Waals surface area (Å²) in [6.45, 7) is 1.90. The van der Waals surface area contributed by atoms with E-state index >= 15 is 0 Å². The fourth-order valence-corrected chi connectivity index (χ4v) is 2.91. The standard InChI is InChI=1S/C11H11N3O2S2/c1-7-6-17-11(13-7)4-9(15)14-10-3-2-8(18-10)5-12-16/h2-3,5-6,16H,4H2,1H3,(H,14,15)/i13+1,14+1. The second-order valence-electron chi connectivity index (χ2n) is 3.55. The largest absolute Gasteiger partial charge is 0.411 e. The van der Waals surface area contributed by atoms with Gasteiger partial charge in [0.1, 0.15) is 5.01 Å². The van der Waals surface area contributed by atoms with Crippen molar-refractivity contribution < 1.29 is 10.0 Å². The Morgan fingerprint density at radius 3 is 3.11 bits per heavy atom. The molecule has 0 fully saturated rings. The summed E-state index contributed by atoms with van der Waals surface area (Å²) in [6, 6.07) is 3.54. The molecule has 0 aliphatic carbocycles. The summed E-state index contributed by atoms with van der Waals surface area (Å²) in [7, 11) is 0. The van der Waals surface area contributed by atoms with E-state index in [1.807, 2.05) is 12.3 Å². The summed E-state index contributed by atoms with van der Waals surface area (Å²) in [5.41, 5.74) is 0.931. The summed E-state index contributed by atoms with van der Waals surface area (Å²) < 4.78 is 0. The third-order valence-corrected chi connectivity index (χ3v) is 3.95. The van der Waals surface area contributed by atoms with Crippen LogP contribution in [0.5, 0.6) is 0 Å². The number of carbonyl (C=O) groups is 1. The average molecular weight is 283 g/mol. The van der Waals surface area contributed by atoms with Gasteiger partial charge >= 0.3 is 0 Å². The van der Waals surface area contributed by atoms with E-state index in [1.165, 1.54) is 28.9 Å². The smallest absolute Gasteiger partial charge is 0.231 e. The number of rotatable bonds is 4. The van der Waals surface area contributed by atoms with E-state index in [0.29, 0.717) is 0 Å². The number of aryl methyl sites for hydroxylation is 1. The molecule has 2 rings (SSSR count). The molecule has 0 spiro atoms.